The van der Waals surface area contributed by atoms with Gasteiger partial charge in [-0.25, -0.2) is 4.79 Å². The zero-order chi connectivity index (χ0) is 15.4. The number of hydrogen-bond donors (Lipinski definition) is 3. The first-order valence-electron chi connectivity index (χ1n) is 6.54. The van der Waals surface area contributed by atoms with E-state index in [0.29, 0.717) is 11.4 Å². The van der Waals surface area contributed by atoms with Gasteiger partial charge in [0.05, 0.1) is 18.4 Å². The van der Waals surface area contributed by atoms with Crippen LogP contribution in [0.5, 0.6) is 5.75 Å². The van der Waals surface area contributed by atoms with E-state index >= 15 is 0 Å². The summed E-state index contributed by atoms with van der Waals surface area (Å²) in [6.45, 7) is 1.95. The number of aromatic carboxylic acids is 1. The first-order chi connectivity index (χ1) is 10.0. The summed E-state index contributed by atoms with van der Waals surface area (Å²) in [7, 11) is 1.61. The second kappa shape index (κ2) is 6.17. The van der Waals surface area contributed by atoms with Crippen LogP contribution in [-0.4, -0.2) is 18.2 Å². The van der Waals surface area contributed by atoms with Crippen molar-refractivity contribution in [2.24, 2.45) is 0 Å². The van der Waals surface area contributed by atoms with Gasteiger partial charge in [-0.1, -0.05) is 12.1 Å². The molecule has 0 radical (unpaired) electrons. The molecule has 0 saturated carbocycles. The lowest BCUT2D eigenvalue weighted by atomic mass is 10.1. The third-order valence-corrected chi connectivity index (χ3v) is 3.26. The van der Waals surface area contributed by atoms with E-state index in [-0.39, 0.29) is 11.6 Å². The van der Waals surface area contributed by atoms with Crippen LogP contribution in [0.4, 0.5) is 11.4 Å². The predicted molar refractivity (Wildman–Crippen MR) is 82.8 cm³/mol. The summed E-state index contributed by atoms with van der Waals surface area (Å²) >= 11 is 0. The van der Waals surface area contributed by atoms with Crippen molar-refractivity contribution in [2.75, 3.05) is 18.2 Å². The maximum absolute atomic E-state index is 11.2. The average molecular weight is 286 g/mol. The Bertz CT molecular complexity index is 638. The van der Waals surface area contributed by atoms with E-state index in [2.05, 4.69) is 5.32 Å². The van der Waals surface area contributed by atoms with E-state index in [1.54, 1.807) is 19.2 Å². The van der Waals surface area contributed by atoms with Crippen LogP contribution in [0.2, 0.25) is 0 Å². The minimum absolute atomic E-state index is 0.0594. The lowest BCUT2D eigenvalue weighted by Crippen LogP contribution is -2.11. The Labute approximate surface area is 123 Å². The van der Waals surface area contributed by atoms with Gasteiger partial charge in [-0.2, -0.15) is 0 Å². The smallest absolute Gasteiger partial charge is 0.337 e. The second-order valence-corrected chi connectivity index (χ2v) is 4.75. The van der Waals surface area contributed by atoms with Crippen LogP contribution >= 0.6 is 0 Å². The van der Waals surface area contributed by atoms with Gasteiger partial charge in [-0.05, 0) is 42.8 Å². The maximum Gasteiger partial charge on any atom is 0.337 e. The van der Waals surface area contributed by atoms with Gasteiger partial charge in [-0.3, -0.25) is 0 Å². The fourth-order valence-electron chi connectivity index (χ4n) is 2.08. The molecule has 0 bridgehead atoms. The Kier molecular flexibility index (Phi) is 4.33. The second-order valence-electron chi connectivity index (χ2n) is 4.75. The molecule has 21 heavy (non-hydrogen) atoms. The van der Waals surface area contributed by atoms with Crippen LogP contribution in [0, 0.1) is 0 Å². The summed E-state index contributed by atoms with van der Waals surface area (Å²) in [4.78, 5) is 11.2. The van der Waals surface area contributed by atoms with Gasteiger partial charge in [0.15, 0.2) is 0 Å². The number of carboxylic acids is 1. The van der Waals surface area contributed by atoms with E-state index < -0.39 is 5.97 Å². The van der Waals surface area contributed by atoms with Gasteiger partial charge in [0, 0.05) is 11.7 Å². The minimum atomic E-state index is -0.987. The first kappa shape index (κ1) is 14.7. The number of hydrogen-bond acceptors (Lipinski definition) is 4. The number of anilines is 2. The van der Waals surface area contributed by atoms with E-state index in [0.717, 1.165) is 11.3 Å². The molecule has 0 spiro atoms. The maximum atomic E-state index is 11.2. The molecule has 5 nitrogen and oxygen atoms in total. The SMILES string of the molecule is COc1ccc(C(C)Nc2cc(N)ccc2C(=O)O)cc1. The standard InChI is InChI=1S/C16H18N2O3/c1-10(11-3-6-13(21-2)7-4-11)18-15-9-12(17)5-8-14(15)16(19)20/h3-10,18H,17H2,1-2H3,(H,19,20). The van der Waals surface area contributed by atoms with Crippen LogP contribution in [0.3, 0.4) is 0 Å². The van der Waals surface area contributed by atoms with Gasteiger partial charge in [-0.15, -0.1) is 0 Å². The predicted octanol–water partition coefficient (Wildman–Crippen LogP) is 3.15. The first-order valence-corrected chi connectivity index (χ1v) is 6.54. The molecule has 1 unspecified atom stereocenters. The topological polar surface area (TPSA) is 84.6 Å². The Morgan fingerprint density at radius 1 is 1.24 bits per heavy atom. The van der Waals surface area contributed by atoms with Crippen molar-refractivity contribution >= 4 is 17.3 Å². The third-order valence-electron chi connectivity index (χ3n) is 3.26. The molecule has 0 fully saturated rings. The molecule has 2 aromatic rings. The Hall–Kier alpha value is -2.69. The highest BCUT2D eigenvalue weighted by Gasteiger charge is 2.13. The summed E-state index contributed by atoms with van der Waals surface area (Å²) in [5.41, 5.74) is 7.98. The molecule has 110 valence electrons. The molecule has 0 aromatic heterocycles. The van der Waals surface area contributed by atoms with E-state index in [4.69, 9.17) is 10.5 Å². The number of benzene rings is 2. The molecule has 0 aliphatic heterocycles. The third kappa shape index (κ3) is 3.45. The Balaban J connectivity index is 2.24. The normalized spacial score (nSPS) is 11.7. The number of methoxy groups -OCH3 is 1. The van der Waals surface area contributed by atoms with E-state index in [1.807, 2.05) is 31.2 Å². The number of ether oxygens (including phenoxy) is 1. The number of nitrogens with two attached hydrogens (primary N) is 1. The number of nitrogens with one attached hydrogen (secondary N) is 1. The summed E-state index contributed by atoms with van der Waals surface area (Å²) in [5.74, 6) is -0.208. The number of nitrogen functional groups attached to an aromatic ring is 1. The van der Waals surface area contributed by atoms with Crippen LogP contribution in [0.25, 0.3) is 0 Å². The van der Waals surface area contributed by atoms with Crippen LogP contribution in [-0.2, 0) is 0 Å². The van der Waals surface area contributed by atoms with Crippen molar-refractivity contribution in [3.8, 4) is 5.75 Å². The minimum Gasteiger partial charge on any atom is -0.497 e. The highest BCUT2D eigenvalue weighted by Crippen LogP contribution is 2.25. The monoisotopic (exact) mass is 286 g/mol. The van der Waals surface area contributed by atoms with Crippen molar-refractivity contribution in [2.45, 2.75) is 13.0 Å². The molecule has 1 atom stereocenters. The zero-order valence-electron chi connectivity index (χ0n) is 12.0. The summed E-state index contributed by atoms with van der Waals surface area (Å²) in [6.07, 6.45) is 0. The molecule has 0 heterocycles. The van der Waals surface area contributed by atoms with E-state index in [9.17, 15) is 9.90 Å². The lowest BCUT2D eigenvalue weighted by molar-refractivity contribution is 0.0698. The number of rotatable bonds is 5. The fourth-order valence-corrected chi connectivity index (χ4v) is 2.08. The highest BCUT2D eigenvalue weighted by molar-refractivity contribution is 5.95. The molecule has 5 heteroatoms. The van der Waals surface area contributed by atoms with E-state index in [1.165, 1.54) is 6.07 Å². The van der Waals surface area contributed by atoms with Gasteiger partial charge in [0.2, 0.25) is 0 Å². The van der Waals surface area contributed by atoms with Crippen LogP contribution in [0.15, 0.2) is 42.5 Å². The van der Waals surface area contributed by atoms with Gasteiger partial charge in [0.1, 0.15) is 5.75 Å². The molecule has 2 rings (SSSR count). The number of carbonyl (C=O) groups is 1. The molecule has 4 N–H and O–H groups in total. The fraction of sp³-hybridized carbons (Fsp3) is 0.188. The van der Waals surface area contributed by atoms with Crippen molar-refractivity contribution in [1.29, 1.82) is 0 Å². The largest absolute Gasteiger partial charge is 0.497 e. The Morgan fingerprint density at radius 3 is 2.48 bits per heavy atom. The molecule has 0 aliphatic carbocycles. The Morgan fingerprint density at radius 2 is 1.90 bits per heavy atom. The molecule has 0 saturated heterocycles. The molecule has 2 aromatic carbocycles. The zero-order valence-corrected chi connectivity index (χ0v) is 12.0. The van der Waals surface area contributed by atoms with Gasteiger partial charge in [0.25, 0.3) is 0 Å². The average Bonchev–Trinajstić information content (AvgIpc) is 2.47. The molecular formula is C16H18N2O3. The molecular weight excluding hydrogens is 268 g/mol. The van der Waals surface area contributed by atoms with Crippen LogP contribution < -0.4 is 15.8 Å². The van der Waals surface area contributed by atoms with Gasteiger partial charge >= 0.3 is 5.97 Å². The van der Waals surface area contributed by atoms with Crippen LogP contribution in [0.1, 0.15) is 28.9 Å². The molecule has 0 amide bonds. The summed E-state index contributed by atoms with van der Waals surface area (Å²) in [6, 6.07) is 12.2. The summed E-state index contributed by atoms with van der Waals surface area (Å²) in [5, 5.41) is 12.4. The van der Waals surface area contributed by atoms with Crippen molar-refractivity contribution in [3.05, 3.63) is 53.6 Å². The lowest BCUT2D eigenvalue weighted by Gasteiger charge is -2.18. The van der Waals surface area contributed by atoms with Crippen molar-refractivity contribution < 1.29 is 14.6 Å². The molecule has 0 aliphatic rings. The summed E-state index contributed by atoms with van der Waals surface area (Å²) < 4.78 is 5.12. The van der Waals surface area contributed by atoms with Crippen molar-refractivity contribution in [3.63, 3.8) is 0 Å². The van der Waals surface area contributed by atoms with Gasteiger partial charge < -0.3 is 20.9 Å². The quantitative estimate of drug-likeness (QED) is 0.735. The number of carboxylic acid groups (broad SMARTS) is 1. The highest BCUT2D eigenvalue weighted by atomic mass is 16.5. The van der Waals surface area contributed by atoms with Crippen molar-refractivity contribution in [1.82, 2.24) is 0 Å².